The molecule has 2 atom stereocenters. The average molecular weight is 429 g/mol. The zero-order valence-electron chi connectivity index (χ0n) is 17.6. The van der Waals surface area contributed by atoms with Crippen LogP contribution in [0.2, 0.25) is 5.02 Å². The Morgan fingerprint density at radius 2 is 1.93 bits per heavy atom. The fraction of sp³-hybridized carbons (Fsp3) is 0.545. The van der Waals surface area contributed by atoms with E-state index in [-0.39, 0.29) is 5.91 Å². The first-order valence-electron chi connectivity index (χ1n) is 10.7. The van der Waals surface area contributed by atoms with Crippen LogP contribution in [0, 0.1) is 24.7 Å². The number of hydrogen-bond acceptors (Lipinski definition) is 6. The molecule has 7 nitrogen and oxygen atoms in total. The van der Waals surface area contributed by atoms with E-state index >= 15 is 0 Å². The molecule has 160 valence electrons. The smallest absolute Gasteiger partial charge is 0.225 e. The van der Waals surface area contributed by atoms with Gasteiger partial charge in [0.15, 0.2) is 0 Å². The van der Waals surface area contributed by atoms with Gasteiger partial charge in [-0.2, -0.15) is 0 Å². The predicted molar refractivity (Wildman–Crippen MR) is 120 cm³/mol. The van der Waals surface area contributed by atoms with Crippen LogP contribution in [0.3, 0.4) is 0 Å². The van der Waals surface area contributed by atoms with Crippen molar-refractivity contribution >= 4 is 35.0 Å². The monoisotopic (exact) mass is 428 g/mol. The summed E-state index contributed by atoms with van der Waals surface area (Å²) >= 11 is 5.89. The lowest BCUT2D eigenvalue weighted by atomic mass is 9.90. The topological polar surface area (TPSA) is 83.0 Å². The summed E-state index contributed by atoms with van der Waals surface area (Å²) in [6.07, 6.45) is 10.00. The summed E-state index contributed by atoms with van der Waals surface area (Å²) in [5.74, 6) is 4.11. The first kappa shape index (κ1) is 20.8. The van der Waals surface area contributed by atoms with Crippen LogP contribution in [0.1, 0.15) is 38.2 Å². The van der Waals surface area contributed by atoms with Crippen LogP contribution in [-0.4, -0.2) is 40.5 Å². The second kappa shape index (κ2) is 9.16. The highest BCUT2D eigenvalue weighted by molar-refractivity contribution is 6.30. The summed E-state index contributed by atoms with van der Waals surface area (Å²) in [5.41, 5.74) is 1.79. The van der Waals surface area contributed by atoms with Crippen LogP contribution in [0.5, 0.6) is 0 Å². The van der Waals surface area contributed by atoms with Crippen molar-refractivity contribution in [3.05, 3.63) is 35.2 Å². The minimum atomic E-state index is -0.0804. The Hall–Kier alpha value is -2.41. The molecule has 0 unspecified atom stereocenters. The lowest BCUT2D eigenvalue weighted by Gasteiger charge is -2.32. The number of pyridine rings is 1. The lowest BCUT2D eigenvalue weighted by Crippen LogP contribution is -2.35. The van der Waals surface area contributed by atoms with Gasteiger partial charge in [0, 0.05) is 26.6 Å². The second-order valence-electron chi connectivity index (χ2n) is 8.47. The third-order valence-electron chi connectivity index (χ3n) is 6.22. The van der Waals surface area contributed by atoms with Crippen molar-refractivity contribution in [3.63, 3.8) is 0 Å². The van der Waals surface area contributed by atoms with E-state index in [1.165, 1.54) is 32.6 Å². The van der Waals surface area contributed by atoms with Gasteiger partial charge in [0.25, 0.3) is 0 Å². The molecule has 1 aliphatic carbocycles. The highest BCUT2D eigenvalue weighted by Crippen LogP contribution is 2.49. The highest BCUT2D eigenvalue weighted by atomic mass is 35.5. The molecule has 0 spiro atoms. The lowest BCUT2D eigenvalue weighted by molar-refractivity contribution is -0.114. The van der Waals surface area contributed by atoms with Crippen LogP contribution in [0.4, 0.5) is 17.5 Å². The molecule has 2 aromatic heterocycles. The van der Waals surface area contributed by atoms with Crippen LogP contribution in [-0.2, 0) is 4.79 Å². The molecule has 2 fully saturated rings. The maximum absolute atomic E-state index is 11.2. The normalized spacial score (nSPS) is 21.4. The molecule has 2 aromatic rings. The number of aryl methyl sites for hydroxylation is 1. The molecule has 3 heterocycles. The third kappa shape index (κ3) is 5.19. The molecule has 8 heteroatoms. The molecule has 1 aliphatic heterocycles. The molecule has 1 amide bonds. The summed E-state index contributed by atoms with van der Waals surface area (Å²) in [6, 6.07) is 1.95. The van der Waals surface area contributed by atoms with Crippen LogP contribution >= 0.6 is 11.6 Å². The first-order chi connectivity index (χ1) is 14.5. The van der Waals surface area contributed by atoms with E-state index in [9.17, 15) is 4.79 Å². The number of anilines is 3. The second-order valence-corrected chi connectivity index (χ2v) is 8.91. The zero-order valence-corrected chi connectivity index (χ0v) is 18.3. The zero-order chi connectivity index (χ0) is 21.1. The van der Waals surface area contributed by atoms with Crippen LogP contribution in [0.25, 0.3) is 0 Å². The number of piperidine rings is 1. The van der Waals surface area contributed by atoms with E-state index < -0.39 is 0 Å². The molecular formula is C22H29ClN6O. The number of rotatable bonds is 7. The molecule has 4 rings (SSSR count). The molecule has 30 heavy (non-hydrogen) atoms. The average Bonchev–Trinajstić information content (AvgIpc) is 3.49. The van der Waals surface area contributed by atoms with Crippen molar-refractivity contribution in [1.82, 2.24) is 15.0 Å². The molecule has 0 aromatic carbocycles. The Bertz CT molecular complexity index is 882. The van der Waals surface area contributed by atoms with Gasteiger partial charge in [-0.25, -0.2) is 15.0 Å². The molecule has 1 saturated carbocycles. The van der Waals surface area contributed by atoms with Crippen molar-refractivity contribution in [2.24, 2.45) is 17.8 Å². The minimum Gasteiger partial charge on any atom is -0.370 e. The molecule has 2 N–H and O–H groups in total. The standard InChI is InChI=1S/C22H29ClN6O/c1-14-9-19(28-15(2)30)13-25-21(14)24-6-3-17-10-20(17)16-4-7-29(8-5-16)22-26-11-18(23)12-27-22/h9,11-13,16-17,20H,3-8,10H2,1-2H3,(H,24,25)(H,28,30)/t17-,20-/m1/s1. The van der Waals surface area contributed by atoms with E-state index in [0.717, 1.165) is 60.4 Å². The summed E-state index contributed by atoms with van der Waals surface area (Å²) < 4.78 is 0. The predicted octanol–water partition coefficient (Wildman–Crippen LogP) is 4.15. The van der Waals surface area contributed by atoms with Gasteiger partial charge in [0.2, 0.25) is 11.9 Å². The number of carbonyl (C=O) groups excluding carboxylic acids is 1. The van der Waals surface area contributed by atoms with Gasteiger partial charge >= 0.3 is 0 Å². The molecule has 2 aliphatic rings. The van der Waals surface area contributed by atoms with E-state index in [4.69, 9.17) is 11.6 Å². The number of hydrogen-bond donors (Lipinski definition) is 2. The first-order valence-corrected chi connectivity index (χ1v) is 11.1. The Labute approximate surface area is 182 Å². The number of carbonyl (C=O) groups is 1. The van der Waals surface area contributed by atoms with Crippen molar-refractivity contribution < 1.29 is 4.79 Å². The number of halogens is 1. The van der Waals surface area contributed by atoms with Gasteiger partial charge in [-0.15, -0.1) is 0 Å². The third-order valence-corrected chi connectivity index (χ3v) is 6.41. The highest BCUT2D eigenvalue weighted by Gasteiger charge is 2.43. The maximum atomic E-state index is 11.2. The van der Waals surface area contributed by atoms with Gasteiger partial charge in [-0.05, 0) is 62.0 Å². The summed E-state index contributed by atoms with van der Waals surface area (Å²) in [6.45, 7) is 6.50. The summed E-state index contributed by atoms with van der Waals surface area (Å²) in [5, 5.41) is 6.81. The minimum absolute atomic E-state index is 0.0804. The Morgan fingerprint density at radius 1 is 1.20 bits per heavy atom. The van der Waals surface area contributed by atoms with Crippen LogP contribution in [0.15, 0.2) is 24.7 Å². The maximum Gasteiger partial charge on any atom is 0.225 e. The number of nitrogens with one attached hydrogen (secondary N) is 2. The Kier molecular flexibility index (Phi) is 6.37. The van der Waals surface area contributed by atoms with Gasteiger partial charge in [0.05, 0.1) is 29.3 Å². The largest absolute Gasteiger partial charge is 0.370 e. The van der Waals surface area contributed by atoms with Crippen LogP contribution < -0.4 is 15.5 Å². The number of aromatic nitrogens is 3. The SMILES string of the molecule is CC(=O)Nc1cnc(NCC[C@@H]2C[C@@H]2C2CCN(c3ncc(Cl)cn3)CC2)c(C)c1. The fourth-order valence-electron chi connectivity index (χ4n) is 4.58. The Balaban J connectivity index is 1.18. The van der Waals surface area contributed by atoms with E-state index in [1.54, 1.807) is 18.6 Å². The summed E-state index contributed by atoms with van der Waals surface area (Å²) in [7, 11) is 0. The van der Waals surface area contributed by atoms with Crippen molar-refractivity contribution in [1.29, 1.82) is 0 Å². The van der Waals surface area contributed by atoms with Gasteiger partial charge in [0.1, 0.15) is 5.82 Å². The van der Waals surface area contributed by atoms with Crippen molar-refractivity contribution in [2.75, 3.05) is 35.2 Å². The van der Waals surface area contributed by atoms with Crippen molar-refractivity contribution in [2.45, 2.75) is 39.5 Å². The van der Waals surface area contributed by atoms with E-state index in [2.05, 4.69) is 30.5 Å². The molecular weight excluding hydrogens is 400 g/mol. The summed E-state index contributed by atoms with van der Waals surface area (Å²) in [4.78, 5) is 26.6. The molecule has 0 radical (unpaired) electrons. The van der Waals surface area contributed by atoms with Gasteiger partial charge < -0.3 is 15.5 Å². The van der Waals surface area contributed by atoms with E-state index in [1.807, 2.05) is 13.0 Å². The molecule has 1 saturated heterocycles. The van der Waals surface area contributed by atoms with Crippen molar-refractivity contribution in [3.8, 4) is 0 Å². The van der Waals surface area contributed by atoms with E-state index in [0.29, 0.717) is 5.02 Å². The van der Waals surface area contributed by atoms with Gasteiger partial charge in [-0.3, -0.25) is 4.79 Å². The fourth-order valence-corrected chi connectivity index (χ4v) is 4.68. The quantitative estimate of drug-likeness (QED) is 0.689. The number of amides is 1. The van der Waals surface area contributed by atoms with Gasteiger partial charge in [-0.1, -0.05) is 11.6 Å². The number of nitrogens with zero attached hydrogens (tertiary/aromatic N) is 4. The molecule has 0 bridgehead atoms. The Morgan fingerprint density at radius 3 is 2.60 bits per heavy atom.